The highest BCUT2D eigenvalue weighted by molar-refractivity contribution is 5.95. The van der Waals surface area contributed by atoms with E-state index in [9.17, 15) is 0 Å². The number of hydrogen-bond acceptors (Lipinski definition) is 0. The Hall–Kier alpha value is -0.870. The Morgan fingerprint density at radius 1 is 0.929 bits per heavy atom. The molecule has 0 saturated heterocycles. The lowest BCUT2D eigenvalue weighted by Gasteiger charge is -2.00. The van der Waals surface area contributed by atoms with E-state index < -0.39 is 0 Å². The van der Waals surface area contributed by atoms with Crippen molar-refractivity contribution >= 4 is 22.5 Å². The highest BCUT2D eigenvalue weighted by Gasteiger charge is 2.12. The maximum Gasteiger partial charge on any atom is 0.149 e. The number of halogens is 1. The Bertz CT molecular complexity index is 503. The summed E-state index contributed by atoms with van der Waals surface area (Å²) in [5.74, 6) is 0. The maximum absolute atomic E-state index is 2.18. The average Bonchev–Trinajstić information content (AvgIpc) is 2.65. The summed E-state index contributed by atoms with van der Waals surface area (Å²) in [4.78, 5) is 0. The summed E-state index contributed by atoms with van der Waals surface area (Å²) in [7, 11) is 0. The van der Waals surface area contributed by atoms with Crippen molar-refractivity contribution in [1.82, 2.24) is 0 Å². The molecule has 0 unspecified atom stereocenters. The van der Waals surface area contributed by atoms with Crippen LogP contribution in [-0.2, 0) is 0 Å². The molecule has 2 N–H and O–H groups in total. The Morgan fingerprint density at radius 3 is 2.71 bits per heavy atom. The van der Waals surface area contributed by atoms with E-state index in [4.69, 9.17) is 0 Å². The number of rotatable bonds is 0. The van der Waals surface area contributed by atoms with Crippen molar-refractivity contribution in [2.75, 3.05) is 0 Å². The van der Waals surface area contributed by atoms with Gasteiger partial charge in [0.2, 0.25) is 0 Å². The molecule has 0 saturated carbocycles. The van der Waals surface area contributed by atoms with Crippen LogP contribution < -0.4 is 29.3 Å². The van der Waals surface area contributed by atoms with Crippen LogP contribution in [0.25, 0.3) is 16.8 Å². The molecule has 0 amide bonds. The van der Waals surface area contributed by atoms with Gasteiger partial charge in [0.05, 0.1) is 6.20 Å². The van der Waals surface area contributed by atoms with E-state index >= 15 is 0 Å². The molecule has 0 aromatic heterocycles. The molecule has 3 rings (SSSR count). The first kappa shape index (κ1) is 9.68. The van der Waals surface area contributed by atoms with Gasteiger partial charge in [-0.1, -0.05) is 24.3 Å². The highest BCUT2D eigenvalue weighted by atomic mass is 127. The minimum atomic E-state index is 0. The van der Waals surface area contributed by atoms with E-state index in [1.807, 2.05) is 0 Å². The van der Waals surface area contributed by atoms with Gasteiger partial charge in [-0.25, -0.2) is 0 Å². The third kappa shape index (κ3) is 1.35. The van der Waals surface area contributed by atoms with Gasteiger partial charge in [-0.3, -0.25) is 5.32 Å². The SMILES string of the molecule is C1=Cc2ccc3ccccc3c2[NH2+]1.[I-]. The zero-order valence-corrected chi connectivity index (χ0v) is 9.73. The molecule has 0 atom stereocenters. The van der Waals surface area contributed by atoms with Crippen LogP contribution >= 0.6 is 0 Å². The van der Waals surface area contributed by atoms with Crippen LogP contribution in [0.4, 0.5) is 5.69 Å². The molecule has 2 aromatic rings. The van der Waals surface area contributed by atoms with Gasteiger partial charge >= 0.3 is 0 Å². The fourth-order valence-electron chi connectivity index (χ4n) is 1.89. The first-order valence-corrected chi connectivity index (χ1v) is 4.48. The molecule has 0 spiro atoms. The van der Waals surface area contributed by atoms with Crippen LogP contribution in [0.1, 0.15) is 5.56 Å². The lowest BCUT2D eigenvalue weighted by molar-refractivity contribution is -0.489. The zero-order valence-electron chi connectivity index (χ0n) is 7.57. The van der Waals surface area contributed by atoms with E-state index in [0.29, 0.717) is 0 Å². The van der Waals surface area contributed by atoms with Gasteiger partial charge in [0.25, 0.3) is 0 Å². The lowest BCUT2D eigenvalue weighted by atomic mass is 10.1. The molecule has 2 heteroatoms. The van der Waals surface area contributed by atoms with Gasteiger partial charge in [0, 0.05) is 17.0 Å². The van der Waals surface area contributed by atoms with Crippen molar-refractivity contribution in [2.24, 2.45) is 0 Å². The zero-order chi connectivity index (χ0) is 8.67. The second kappa shape index (κ2) is 3.71. The summed E-state index contributed by atoms with van der Waals surface area (Å²) >= 11 is 0. The summed E-state index contributed by atoms with van der Waals surface area (Å²) in [6.45, 7) is 0. The summed E-state index contributed by atoms with van der Waals surface area (Å²) < 4.78 is 0. The predicted octanol–water partition coefficient (Wildman–Crippen LogP) is -0.977. The largest absolute Gasteiger partial charge is 1.00 e. The Morgan fingerprint density at radius 2 is 1.79 bits per heavy atom. The topological polar surface area (TPSA) is 16.6 Å². The third-order valence-electron chi connectivity index (χ3n) is 2.54. The van der Waals surface area contributed by atoms with Gasteiger partial charge in [0.15, 0.2) is 0 Å². The number of quaternary nitrogens is 1. The highest BCUT2D eigenvalue weighted by Crippen LogP contribution is 2.26. The second-order valence-corrected chi connectivity index (χ2v) is 3.32. The number of hydrogen-bond donors (Lipinski definition) is 1. The number of nitrogens with two attached hydrogens (primary N) is 1. The molecule has 0 aliphatic carbocycles. The van der Waals surface area contributed by atoms with E-state index in [-0.39, 0.29) is 24.0 Å². The summed E-state index contributed by atoms with van der Waals surface area (Å²) in [6, 6.07) is 12.9. The normalized spacial score (nSPS) is 12.6. The monoisotopic (exact) mass is 295 g/mol. The molecular formula is C12H10IN. The van der Waals surface area contributed by atoms with Crippen LogP contribution in [0.15, 0.2) is 42.6 Å². The van der Waals surface area contributed by atoms with Crippen molar-refractivity contribution in [1.29, 1.82) is 0 Å². The number of fused-ring (bicyclic) bond motifs is 3. The summed E-state index contributed by atoms with van der Waals surface area (Å²) in [5, 5.41) is 4.85. The minimum absolute atomic E-state index is 0. The molecule has 70 valence electrons. The standard InChI is InChI=1S/C12H9N.HI/c1-2-4-11-9(3-1)5-6-10-7-8-13-12(10)11;/h1-8,13H;1H. The average molecular weight is 295 g/mol. The molecule has 0 radical (unpaired) electrons. The van der Waals surface area contributed by atoms with E-state index in [1.165, 1.54) is 22.0 Å². The maximum atomic E-state index is 2.18. The molecule has 1 nitrogen and oxygen atoms in total. The molecule has 1 aliphatic heterocycles. The fraction of sp³-hybridized carbons (Fsp3) is 0. The Kier molecular flexibility index (Phi) is 2.56. The summed E-state index contributed by atoms with van der Waals surface area (Å²) in [6.07, 6.45) is 4.26. The third-order valence-corrected chi connectivity index (χ3v) is 2.54. The number of benzene rings is 2. The van der Waals surface area contributed by atoms with Crippen molar-refractivity contribution < 1.29 is 29.3 Å². The molecule has 14 heavy (non-hydrogen) atoms. The van der Waals surface area contributed by atoms with E-state index in [0.717, 1.165) is 0 Å². The predicted molar refractivity (Wildman–Crippen MR) is 54.6 cm³/mol. The quantitative estimate of drug-likeness (QED) is 0.475. The lowest BCUT2D eigenvalue weighted by Crippen LogP contribution is -3.00. The molecule has 2 aromatic carbocycles. The Balaban J connectivity index is 0.000000750. The van der Waals surface area contributed by atoms with Crippen molar-refractivity contribution in [3.05, 3.63) is 48.2 Å². The first-order valence-electron chi connectivity index (χ1n) is 4.48. The van der Waals surface area contributed by atoms with Gasteiger partial charge in [-0.05, 0) is 17.5 Å². The summed E-state index contributed by atoms with van der Waals surface area (Å²) in [5.41, 5.74) is 2.69. The second-order valence-electron chi connectivity index (χ2n) is 3.32. The first-order chi connectivity index (χ1) is 6.45. The van der Waals surface area contributed by atoms with Gasteiger partial charge in [-0.2, -0.15) is 0 Å². The van der Waals surface area contributed by atoms with Gasteiger partial charge in [0.1, 0.15) is 5.69 Å². The molecule has 1 aliphatic rings. The van der Waals surface area contributed by atoms with Crippen LogP contribution in [0.3, 0.4) is 0 Å². The van der Waals surface area contributed by atoms with Crippen molar-refractivity contribution in [2.45, 2.75) is 0 Å². The van der Waals surface area contributed by atoms with E-state index in [1.54, 1.807) is 0 Å². The van der Waals surface area contributed by atoms with Crippen LogP contribution in [-0.4, -0.2) is 0 Å². The van der Waals surface area contributed by atoms with Crippen LogP contribution in [0.5, 0.6) is 0 Å². The van der Waals surface area contributed by atoms with Crippen LogP contribution in [0, 0.1) is 0 Å². The van der Waals surface area contributed by atoms with Crippen molar-refractivity contribution in [3.63, 3.8) is 0 Å². The van der Waals surface area contributed by atoms with Gasteiger partial charge < -0.3 is 24.0 Å². The van der Waals surface area contributed by atoms with Gasteiger partial charge in [-0.15, -0.1) is 0 Å². The van der Waals surface area contributed by atoms with Crippen molar-refractivity contribution in [3.8, 4) is 0 Å². The molecule has 0 fully saturated rings. The molecular weight excluding hydrogens is 285 g/mol. The fourth-order valence-corrected chi connectivity index (χ4v) is 1.89. The molecule has 0 bridgehead atoms. The van der Waals surface area contributed by atoms with Crippen LogP contribution in [0.2, 0.25) is 0 Å². The smallest absolute Gasteiger partial charge is 0.149 e. The molecule has 1 heterocycles. The Labute approximate surface area is 99.8 Å². The minimum Gasteiger partial charge on any atom is -1.00 e. The van der Waals surface area contributed by atoms with E-state index in [2.05, 4.69) is 54.0 Å².